The molecule has 3 nitrogen and oxygen atoms in total. The van der Waals surface area contributed by atoms with Gasteiger partial charge in [0.1, 0.15) is 7.85 Å². The summed E-state index contributed by atoms with van der Waals surface area (Å²) in [6.07, 6.45) is 0. The Morgan fingerprint density at radius 2 is 1.91 bits per heavy atom. The fourth-order valence-electron chi connectivity index (χ4n) is 0.718. The first-order valence-electron chi connectivity index (χ1n) is 3.10. The van der Waals surface area contributed by atoms with Crippen molar-refractivity contribution < 1.29 is 4.79 Å². The van der Waals surface area contributed by atoms with Crippen molar-refractivity contribution in [3.63, 3.8) is 0 Å². The number of carbonyl (C=O) groups excluding carboxylic acids is 1. The van der Waals surface area contributed by atoms with Gasteiger partial charge in [-0.3, -0.25) is 10.2 Å². The van der Waals surface area contributed by atoms with Gasteiger partial charge in [0.05, 0.1) is 0 Å². The second kappa shape index (κ2) is 3.21. The van der Waals surface area contributed by atoms with Crippen LogP contribution in [-0.2, 0) is 0 Å². The van der Waals surface area contributed by atoms with E-state index < -0.39 is 0 Å². The molecule has 0 spiro atoms. The summed E-state index contributed by atoms with van der Waals surface area (Å²) in [5, 5.41) is 0. The lowest BCUT2D eigenvalue weighted by molar-refractivity contribution is 0.0953. The van der Waals surface area contributed by atoms with E-state index in [9.17, 15) is 4.79 Å². The molecule has 4 heteroatoms. The minimum absolute atomic E-state index is 0.315. The van der Waals surface area contributed by atoms with E-state index in [1.54, 1.807) is 24.3 Å². The van der Waals surface area contributed by atoms with Crippen LogP contribution in [-0.4, -0.2) is 13.8 Å². The second-order valence-corrected chi connectivity index (χ2v) is 2.10. The van der Waals surface area contributed by atoms with Crippen LogP contribution in [0.25, 0.3) is 0 Å². The molecule has 2 radical (unpaired) electrons. The molecule has 0 bridgehead atoms. The summed E-state index contributed by atoms with van der Waals surface area (Å²) in [7, 11) is 5.41. The number of nitrogens with two attached hydrogens (primary N) is 1. The van der Waals surface area contributed by atoms with Crippen molar-refractivity contribution in [2.45, 2.75) is 0 Å². The second-order valence-electron chi connectivity index (χ2n) is 2.10. The highest BCUT2D eigenvalue weighted by atomic mass is 16.2. The number of rotatable bonds is 1. The first kappa shape index (κ1) is 7.82. The van der Waals surface area contributed by atoms with Crippen LogP contribution in [0.15, 0.2) is 24.3 Å². The monoisotopic (exact) mass is 146 g/mol. The Hall–Kier alpha value is -1.29. The van der Waals surface area contributed by atoms with Crippen LogP contribution in [0, 0.1) is 0 Å². The first-order valence-corrected chi connectivity index (χ1v) is 3.10. The predicted octanol–water partition coefficient (Wildman–Crippen LogP) is -0.916. The summed E-state index contributed by atoms with van der Waals surface area (Å²) in [6, 6.07) is 6.50. The topological polar surface area (TPSA) is 55.1 Å². The number of carbonyl (C=O) groups is 1. The van der Waals surface area contributed by atoms with Crippen molar-refractivity contribution in [1.82, 2.24) is 5.43 Å². The maximum Gasteiger partial charge on any atom is 0.265 e. The van der Waals surface area contributed by atoms with Crippen molar-refractivity contribution in [2.24, 2.45) is 5.84 Å². The van der Waals surface area contributed by atoms with Gasteiger partial charge in [-0.1, -0.05) is 17.6 Å². The van der Waals surface area contributed by atoms with Crippen LogP contribution < -0.4 is 16.7 Å². The molecule has 0 saturated heterocycles. The Bertz CT molecular complexity index is 258. The van der Waals surface area contributed by atoms with Gasteiger partial charge in [0.25, 0.3) is 5.91 Å². The molecule has 1 aromatic carbocycles. The third-order valence-corrected chi connectivity index (χ3v) is 1.30. The zero-order valence-electron chi connectivity index (χ0n) is 5.87. The summed E-state index contributed by atoms with van der Waals surface area (Å²) in [6.45, 7) is 0. The molecule has 0 saturated carbocycles. The van der Waals surface area contributed by atoms with Gasteiger partial charge in [-0.05, 0) is 12.1 Å². The van der Waals surface area contributed by atoms with E-state index in [4.69, 9.17) is 13.7 Å². The van der Waals surface area contributed by atoms with Gasteiger partial charge >= 0.3 is 0 Å². The highest BCUT2D eigenvalue weighted by molar-refractivity contribution is 6.32. The van der Waals surface area contributed by atoms with Crippen LogP contribution in [0.2, 0.25) is 0 Å². The largest absolute Gasteiger partial charge is 0.290 e. The van der Waals surface area contributed by atoms with E-state index in [0.29, 0.717) is 11.0 Å². The van der Waals surface area contributed by atoms with Crippen molar-refractivity contribution in [2.75, 3.05) is 0 Å². The van der Waals surface area contributed by atoms with Crippen LogP contribution in [0.4, 0.5) is 0 Å². The maximum atomic E-state index is 10.8. The lowest BCUT2D eigenvalue weighted by atomic mass is 9.95. The third-order valence-electron chi connectivity index (χ3n) is 1.30. The fraction of sp³-hybridized carbons (Fsp3) is 0. The lowest BCUT2D eigenvalue weighted by Gasteiger charge is -1.98. The molecular formula is C7H7BN2O. The molecule has 0 fully saturated rings. The van der Waals surface area contributed by atoms with E-state index >= 15 is 0 Å². The Morgan fingerprint density at radius 1 is 1.36 bits per heavy atom. The number of benzene rings is 1. The number of hydrogen-bond acceptors (Lipinski definition) is 2. The molecule has 0 aliphatic heterocycles. The van der Waals surface area contributed by atoms with Gasteiger partial charge in [-0.15, -0.1) is 0 Å². The summed E-state index contributed by atoms with van der Waals surface area (Å²) in [5.74, 6) is 4.60. The van der Waals surface area contributed by atoms with Gasteiger partial charge in [0.15, 0.2) is 0 Å². The first-order chi connectivity index (χ1) is 5.24. The smallest absolute Gasteiger partial charge is 0.265 e. The Labute approximate surface area is 66.0 Å². The van der Waals surface area contributed by atoms with Crippen LogP contribution in [0.5, 0.6) is 0 Å². The summed E-state index contributed by atoms with van der Waals surface area (Å²) >= 11 is 0. The zero-order valence-corrected chi connectivity index (χ0v) is 5.87. The van der Waals surface area contributed by atoms with Crippen LogP contribution >= 0.6 is 0 Å². The Morgan fingerprint density at radius 3 is 2.36 bits per heavy atom. The number of hydrogen-bond donors (Lipinski definition) is 2. The van der Waals surface area contributed by atoms with Gasteiger partial charge in [-0.25, -0.2) is 5.84 Å². The average Bonchev–Trinajstić information content (AvgIpc) is 2.05. The molecule has 1 amide bonds. The molecule has 0 atom stereocenters. The molecule has 0 aromatic heterocycles. The standard InChI is InChI=1S/C7H7BN2O/c8-6-3-1-5(2-4-6)7(11)10-9/h1-4H,9H2,(H,10,11). The molecule has 54 valence electrons. The van der Waals surface area contributed by atoms with Crippen molar-refractivity contribution in [1.29, 1.82) is 0 Å². The minimum Gasteiger partial charge on any atom is -0.290 e. The fourth-order valence-corrected chi connectivity index (χ4v) is 0.718. The van der Waals surface area contributed by atoms with Crippen molar-refractivity contribution in [3.8, 4) is 0 Å². The van der Waals surface area contributed by atoms with Gasteiger partial charge in [-0.2, -0.15) is 0 Å². The SMILES string of the molecule is [B]c1ccc(C(=O)NN)cc1. The van der Waals surface area contributed by atoms with E-state index in [1.165, 1.54) is 0 Å². The molecule has 0 aliphatic carbocycles. The number of amides is 1. The van der Waals surface area contributed by atoms with Crippen molar-refractivity contribution >= 4 is 19.2 Å². The van der Waals surface area contributed by atoms with Gasteiger partial charge in [0.2, 0.25) is 0 Å². The molecule has 3 N–H and O–H groups in total. The molecular weight excluding hydrogens is 139 g/mol. The minimum atomic E-state index is -0.315. The number of nitrogen functional groups attached to an aromatic ring is 1. The number of hydrazine groups is 1. The van der Waals surface area contributed by atoms with Crippen LogP contribution in [0.3, 0.4) is 0 Å². The summed E-state index contributed by atoms with van der Waals surface area (Å²) < 4.78 is 0. The van der Waals surface area contributed by atoms with E-state index in [-0.39, 0.29) is 5.91 Å². The van der Waals surface area contributed by atoms with E-state index in [2.05, 4.69) is 0 Å². The quantitative estimate of drug-likeness (QED) is 0.233. The van der Waals surface area contributed by atoms with Crippen molar-refractivity contribution in [3.05, 3.63) is 29.8 Å². The van der Waals surface area contributed by atoms with Crippen LogP contribution in [0.1, 0.15) is 10.4 Å². The van der Waals surface area contributed by atoms with E-state index in [1.807, 2.05) is 5.43 Å². The average molecular weight is 146 g/mol. The predicted molar refractivity (Wildman–Crippen MR) is 43.5 cm³/mol. The Kier molecular flexibility index (Phi) is 2.28. The zero-order chi connectivity index (χ0) is 8.27. The number of nitrogens with one attached hydrogen (secondary N) is 1. The molecule has 1 rings (SSSR count). The van der Waals surface area contributed by atoms with Gasteiger partial charge < -0.3 is 0 Å². The Balaban J connectivity index is 2.90. The van der Waals surface area contributed by atoms with Gasteiger partial charge in [0, 0.05) is 5.56 Å². The third kappa shape index (κ3) is 1.81. The molecule has 0 aliphatic rings. The lowest BCUT2D eigenvalue weighted by Crippen LogP contribution is -2.30. The highest BCUT2D eigenvalue weighted by Crippen LogP contribution is 1.94. The maximum absolute atomic E-state index is 10.8. The normalized spacial score (nSPS) is 9.18. The molecule has 1 aromatic rings. The highest BCUT2D eigenvalue weighted by Gasteiger charge is 1.99. The summed E-state index contributed by atoms with van der Waals surface area (Å²) in [5.41, 5.74) is 3.15. The molecule has 11 heavy (non-hydrogen) atoms. The molecule has 0 heterocycles. The molecule has 0 unspecified atom stereocenters. The summed E-state index contributed by atoms with van der Waals surface area (Å²) in [4.78, 5) is 10.8. The van der Waals surface area contributed by atoms with E-state index in [0.717, 1.165) is 0 Å².